The van der Waals surface area contributed by atoms with Crippen molar-refractivity contribution in [3.63, 3.8) is 0 Å². The molecule has 0 spiro atoms. The molecule has 0 atom stereocenters. The third-order valence-corrected chi connectivity index (χ3v) is 2.43. The second-order valence-corrected chi connectivity index (χ2v) is 3.50. The first-order valence-corrected chi connectivity index (χ1v) is 4.53. The van der Waals surface area contributed by atoms with E-state index in [4.69, 9.17) is 0 Å². The van der Waals surface area contributed by atoms with Gasteiger partial charge in [-0.15, -0.1) is 0 Å². The summed E-state index contributed by atoms with van der Waals surface area (Å²) in [6.07, 6.45) is 3.25. The first-order valence-electron chi connectivity index (χ1n) is 4.53. The van der Waals surface area contributed by atoms with Gasteiger partial charge in [0.15, 0.2) is 0 Å². The zero-order chi connectivity index (χ0) is 9.26. The Morgan fingerprint density at radius 2 is 2.23 bits per heavy atom. The Balaban J connectivity index is 2.25. The number of hydrogen-bond acceptors (Lipinski definition) is 1. The molecule has 0 radical (unpaired) electrons. The molecule has 1 aromatic rings. The van der Waals surface area contributed by atoms with E-state index >= 15 is 0 Å². The summed E-state index contributed by atoms with van der Waals surface area (Å²) in [7, 11) is 0. The Kier molecular flexibility index (Phi) is 2.13. The van der Waals surface area contributed by atoms with Crippen LogP contribution in [0.3, 0.4) is 0 Å². The first-order chi connectivity index (χ1) is 6.31. The molecule has 1 saturated carbocycles. The van der Waals surface area contributed by atoms with Crippen molar-refractivity contribution in [2.45, 2.75) is 25.2 Å². The van der Waals surface area contributed by atoms with Crippen molar-refractivity contribution in [2.24, 2.45) is 0 Å². The lowest BCUT2D eigenvalue weighted by molar-refractivity contribution is -0.107. The van der Waals surface area contributed by atoms with E-state index in [9.17, 15) is 9.18 Å². The van der Waals surface area contributed by atoms with Gasteiger partial charge in [0.05, 0.1) is 0 Å². The third kappa shape index (κ3) is 1.77. The summed E-state index contributed by atoms with van der Waals surface area (Å²) in [5, 5.41) is 0. The van der Waals surface area contributed by atoms with Crippen LogP contribution in [-0.2, 0) is 11.2 Å². The normalized spacial score (nSPS) is 15.8. The molecular formula is C11H11FO. The van der Waals surface area contributed by atoms with E-state index in [1.807, 2.05) is 6.07 Å². The lowest BCUT2D eigenvalue weighted by Gasteiger charge is -2.01. The lowest BCUT2D eigenvalue weighted by atomic mass is 10.1. The summed E-state index contributed by atoms with van der Waals surface area (Å²) in [4.78, 5) is 10.2. The monoisotopic (exact) mass is 178 g/mol. The highest BCUT2D eigenvalue weighted by molar-refractivity contribution is 5.55. The van der Waals surface area contributed by atoms with Gasteiger partial charge in [-0.25, -0.2) is 4.39 Å². The van der Waals surface area contributed by atoms with E-state index in [0.717, 1.165) is 11.8 Å². The van der Waals surface area contributed by atoms with Crippen LogP contribution >= 0.6 is 0 Å². The maximum absolute atomic E-state index is 13.3. The van der Waals surface area contributed by atoms with Gasteiger partial charge in [-0.2, -0.15) is 0 Å². The molecule has 2 rings (SSSR count). The van der Waals surface area contributed by atoms with Crippen LogP contribution in [0.15, 0.2) is 18.2 Å². The van der Waals surface area contributed by atoms with Crippen LogP contribution < -0.4 is 0 Å². The maximum Gasteiger partial charge on any atom is 0.127 e. The average Bonchev–Trinajstić information content (AvgIpc) is 2.91. The molecule has 0 unspecified atom stereocenters. The number of aldehydes is 1. The van der Waals surface area contributed by atoms with Gasteiger partial charge in [-0.05, 0) is 36.0 Å². The van der Waals surface area contributed by atoms with Gasteiger partial charge in [0, 0.05) is 6.42 Å². The predicted molar refractivity (Wildman–Crippen MR) is 48.1 cm³/mol. The van der Waals surface area contributed by atoms with Crippen LogP contribution in [0, 0.1) is 5.82 Å². The summed E-state index contributed by atoms with van der Waals surface area (Å²) < 4.78 is 13.3. The Labute approximate surface area is 76.6 Å². The minimum absolute atomic E-state index is 0.177. The molecule has 13 heavy (non-hydrogen) atoms. The summed E-state index contributed by atoms with van der Waals surface area (Å²) in [6.45, 7) is 0. The van der Waals surface area contributed by atoms with Crippen LogP contribution in [-0.4, -0.2) is 6.29 Å². The van der Waals surface area contributed by atoms with E-state index in [2.05, 4.69) is 0 Å². The van der Waals surface area contributed by atoms with E-state index in [1.165, 1.54) is 12.8 Å². The molecule has 2 heteroatoms. The molecule has 0 aromatic heterocycles. The SMILES string of the molecule is O=CCc1ccc(C2CC2)cc1F. The van der Waals surface area contributed by atoms with Crippen molar-refractivity contribution in [1.82, 2.24) is 0 Å². The minimum atomic E-state index is -0.239. The van der Waals surface area contributed by atoms with Crippen molar-refractivity contribution in [2.75, 3.05) is 0 Å². The Bertz CT molecular complexity index is 329. The van der Waals surface area contributed by atoms with E-state index < -0.39 is 0 Å². The van der Waals surface area contributed by atoms with E-state index in [0.29, 0.717) is 11.5 Å². The summed E-state index contributed by atoms with van der Waals surface area (Å²) in [6, 6.07) is 5.22. The topological polar surface area (TPSA) is 17.1 Å². The standard InChI is InChI=1S/C11H11FO/c12-11-7-10(8-1-2-8)4-3-9(11)5-6-13/h3-4,6-8H,1-2,5H2. The number of carbonyl (C=O) groups is 1. The van der Waals surface area contributed by atoms with Gasteiger partial charge >= 0.3 is 0 Å². The highest BCUT2D eigenvalue weighted by Gasteiger charge is 2.23. The second kappa shape index (κ2) is 3.29. The molecule has 0 heterocycles. The summed E-state index contributed by atoms with van der Waals surface area (Å²) in [5.74, 6) is 0.330. The van der Waals surface area contributed by atoms with Crippen LogP contribution in [0.1, 0.15) is 29.9 Å². The Morgan fingerprint density at radius 1 is 1.46 bits per heavy atom. The van der Waals surface area contributed by atoms with Crippen molar-refractivity contribution in [1.29, 1.82) is 0 Å². The van der Waals surface area contributed by atoms with E-state index in [1.54, 1.807) is 12.1 Å². The molecule has 0 amide bonds. The lowest BCUT2D eigenvalue weighted by Crippen LogP contribution is -1.92. The van der Waals surface area contributed by atoms with Crippen LogP contribution in [0.2, 0.25) is 0 Å². The molecule has 0 saturated heterocycles. The maximum atomic E-state index is 13.3. The fourth-order valence-corrected chi connectivity index (χ4v) is 1.49. The van der Waals surface area contributed by atoms with Crippen molar-refractivity contribution >= 4 is 6.29 Å². The number of rotatable bonds is 3. The van der Waals surface area contributed by atoms with Gasteiger partial charge in [0.25, 0.3) is 0 Å². The number of hydrogen-bond donors (Lipinski definition) is 0. The molecule has 1 nitrogen and oxygen atoms in total. The zero-order valence-electron chi connectivity index (χ0n) is 7.29. The van der Waals surface area contributed by atoms with Gasteiger partial charge in [0.1, 0.15) is 12.1 Å². The smallest absolute Gasteiger partial charge is 0.127 e. The predicted octanol–water partition coefficient (Wildman–Crippen LogP) is 2.44. The second-order valence-electron chi connectivity index (χ2n) is 3.50. The highest BCUT2D eigenvalue weighted by Crippen LogP contribution is 2.40. The Morgan fingerprint density at radius 3 is 2.77 bits per heavy atom. The van der Waals surface area contributed by atoms with Gasteiger partial charge in [-0.3, -0.25) is 0 Å². The molecule has 0 aliphatic heterocycles. The van der Waals surface area contributed by atoms with Crippen molar-refractivity contribution in [3.8, 4) is 0 Å². The molecule has 0 bridgehead atoms. The van der Waals surface area contributed by atoms with Crippen molar-refractivity contribution < 1.29 is 9.18 Å². The van der Waals surface area contributed by atoms with Crippen LogP contribution in [0.5, 0.6) is 0 Å². The highest BCUT2D eigenvalue weighted by atomic mass is 19.1. The molecule has 1 aliphatic carbocycles. The molecule has 68 valence electrons. The molecule has 1 aromatic carbocycles. The molecule has 1 aliphatic rings. The van der Waals surface area contributed by atoms with E-state index in [-0.39, 0.29) is 12.2 Å². The number of benzene rings is 1. The first kappa shape index (κ1) is 8.42. The quantitative estimate of drug-likeness (QED) is 0.650. The summed E-state index contributed by atoms with van der Waals surface area (Å²) in [5.41, 5.74) is 1.58. The zero-order valence-corrected chi connectivity index (χ0v) is 7.29. The molecule has 0 N–H and O–H groups in total. The van der Waals surface area contributed by atoms with Crippen molar-refractivity contribution in [3.05, 3.63) is 35.1 Å². The number of halogens is 1. The van der Waals surface area contributed by atoms with Gasteiger partial charge < -0.3 is 4.79 Å². The number of carbonyl (C=O) groups excluding carboxylic acids is 1. The minimum Gasteiger partial charge on any atom is -0.303 e. The summed E-state index contributed by atoms with van der Waals surface area (Å²) >= 11 is 0. The van der Waals surface area contributed by atoms with Crippen LogP contribution in [0.4, 0.5) is 4.39 Å². The molecular weight excluding hydrogens is 167 g/mol. The fourth-order valence-electron chi connectivity index (χ4n) is 1.49. The Hall–Kier alpha value is -1.18. The average molecular weight is 178 g/mol. The largest absolute Gasteiger partial charge is 0.303 e. The fraction of sp³-hybridized carbons (Fsp3) is 0.364. The van der Waals surface area contributed by atoms with Gasteiger partial charge in [-0.1, -0.05) is 12.1 Å². The third-order valence-electron chi connectivity index (χ3n) is 2.43. The van der Waals surface area contributed by atoms with Gasteiger partial charge in [0.2, 0.25) is 0 Å². The molecule has 1 fully saturated rings. The van der Waals surface area contributed by atoms with Crippen LogP contribution in [0.25, 0.3) is 0 Å².